The van der Waals surface area contributed by atoms with Gasteiger partial charge in [-0.25, -0.2) is 0 Å². The molecule has 0 heterocycles. The number of methoxy groups -OCH3 is 1. The van der Waals surface area contributed by atoms with Gasteiger partial charge in [0.15, 0.2) is 5.11 Å². The molecule has 3 N–H and O–H groups in total. The van der Waals surface area contributed by atoms with Crippen LogP contribution in [-0.2, 0) is 20.7 Å². The van der Waals surface area contributed by atoms with Crippen molar-refractivity contribution in [2.24, 2.45) is 0 Å². The molecule has 0 saturated heterocycles. The lowest BCUT2D eigenvalue weighted by molar-refractivity contribution is -0.123. The van der Waals surface area contributed by atoms with Gasteiger partial charge in [0.1, 0.15) is 5.75 Å². The van der Waals surface area contributed by atoms with Crippen LogP contribution in [0.5, 0.6) is 5.75 Å². The largest absolute Gasteiger partial charge is 0.497 e. The lowest BCUT2D eigenvalue weighted by Gasteiger charge is -2.11. The Balaban J connectivity index is 2.27. The Labute approximate surface area is 140 Å². The van der Waals surface area contributed by atoms with E-state index >= 15 is 0 Å². The summed E-state index contributed by atoms with van der Waals surface area (Å²) in [7, 11) is 1.58. The summed E-state index contributed by atoms with van der Waals surface area (Å²) in [4.78, 5) is 23.3. The number of benzene rings is 1. The molecule has 1 rings (SSSR count). The Kier molecular flexibility index (Phi) is 8.63. The zero-order valence-electron chi connectivity index (χ0n) is 13.2. The van der Waals surface area contributed by atoms with Crippen molar-refractivity contribution < 1.29 is 19.1 Å². The van der Waals surface area contributed by atoms with Crippen molar-refractivity contribution in [3.63, 3.8) is 0 Å². The summed E-state index contributed by atoms with van der Waals surface area (Å²) >= 11 is 4.93. The number of nitrogens with one attached hydrogen (secondary N) is 3. The SMILES string of the molecule is CCOCCC(=O)NNC(=S)NC(=O)Cc1ccc(OC)cc1. The molecule has 0 bridgehead atoms. The molecule has 0 aliphatic carbocycles. The predicted molar refractivity (Wildman–Crippen MR) is 89.8 cm³/mol. The summed E-state index contributed by atoms with van der Waals surface area (Å²) in [5, 5.41) is 2.52. The minimum Gasteiger partial charge on any atom is -0.497 e. The van der Waals surface area contributed by atoms with Crippen molar-refractivity contribution in [2.75, 3.05) is 20.3 Å². The molecule has 1 aromatic rings. The molecule has 0 spiro atoms. The van der Waals surface area contributed by atoms with Gasteiger partial charge in [-0.05, 0) is 36.8 Å². The van der Waals surface area contributed by atoms with Crippen LogP contribution in [0.1, 0.15) is 18.9 Å². The molecule has 0 aliphatic heterocycles. The molecule has 2 amide bonds. The molecule has 0 atom stereocenters. The fraction of sp³-hybridized carbons (Fsp3) is 0.400. The minimum absolute atomic E-state index is 0.0354. The number of rotatable bonds is 7. The number of hydrogen-bond acceptors (Lipinski definition) is 5. The maximum absolute atomic E-state index is 11.8. The monoisotopic (exact) mass is 339 g/mol. The van der Waals surface area contributed by atoms with Gasteiger partial charge >= 0.3 is 0 Å². The minimum atomic E-state index is -0.281. The highest BCUT2D eigenvalue weighted by Gasteiger charge is 2.07. The zero-order valence-corrected chi connectivity index (χ0v) is 14.0. The number of amides is 2. The Hall–Kier alpha value is -2.19. The molecule has 23 heavy (non-hydrogen) atoms. The van der Waals surface area contributed by atoms with E-state index in [0.29, 0.717) is 13.2 Å². The van der Waals surface area contributed by atoms with E-state index in [0.717, 1.165) is 11.3 Å². The van der Waals surface area contributed by atoms with E-state index in [9.17, 15) is 9.59 Å². The molecule has 0 saturated carbocycles. The number of thiocarbonyl (C=S) groups is 1. The summed E-state index contributed by atoms with van der Waals surface area (Å²) in [5.74, 6) is 0.169. The first kappa shape index (κ1) is 18.9. The summed E-state index contributed by atoms with van der Waals surface area (Å²) in [6, 6.07) is 7.14. The predicted octanol–water partition coefficient (Wildman–Crippen LogP) is 0.686. The quantitative estimate of drug-likeness (QED) is 0.385. The Morgan fingerprint density at radius 1 is 1.13 bits per heavy atom. The fourth-order valence-corrected chi connectivity index (χ4v) is 1.79. The zero-order chi connectivity index (χ0) is 17.1. The molecule has 0 aromatic heterocycles. The average molecular weight is 339 g/mol. The van der Waals surface area contributed by atoms with Crippen molar-refractivity contribution in [2.45, 2.75) is 19.8 Å². The molecular weight excluding hydrogens is 318 g/mol. The lowest BCUT2D eigenvalue weighted by Crippen LogP contribution is -2.48. The molecule has 0 aliphatic rings. The molecule has 7 nitrogen and oxygen atoms in total. The van der Waals surface area contributed by atoms with Crippen LogP contribution in [0.3, 0.4) is 0 Å². The van der Waals surface area contributed by atoms with Crippen LogP contribution in [0.2, 0.25) is 0 Å². The number of ether oxygens (including phenoxy) is 2. The first-order chi connectivity index (χ1) is 11.0. The van der Waals surface area contributed by atoms with Crippen LogP contribution >= 0.6 is 12.2 Å². The first-order valence-electron chi connectivity index (χ1n) is 7.14. The van der Waals surface area contributed by atoms with Gasteiger partial charge in [-0.3, -0.25) is 20.4 Å². The van der Waals surface area contributed by atoms with Gasteiger partial charge in [0.25, 0.3) is 0 Å². The molecular formula is C15H21N3O4S. The van der Waals surface area contributed by atoms with E-state index in [1.165, 1.54) is 0 Å². The Morgan fingerprint density at radius 3 is 2.43 bits per heavy atom. The van der Waals surface area contributed by atoms with Gasteiger partial charge in [-0.1, -0.05) is 12.1 Å². The second-order valence-corrected chi connectivity index (χ2v) is 4.93. The van der Waals surface area contributed by atoms with Crippen molar-refractivity contribution in [3.8, 4) is 5.75 Å². The van der Waals surface area contributed by atoms with Crippen molar-refractivity contribution >= 4 is 29.1 Å². The first-order valence-corrected chi connectivity index (χ1v) is 7.55. The maximum atomic E-state index is 11.8. The molecule has 0 fully saturated rings. The Morgan fingerprint density at radius 2 is 1.83 bits per heavy atom. The molecule has 8 heteroatoms. The second-order valence-electron chi connectivity index (χ2n) is 4.52. The summed E-state index contributed by atoms with van der Waals surface area (Å²) in [6.45, 7) is 2.74. The third kappa shape index (κ3) is 8.12. The van der Waals surface area contributed by atoms with Gasteiger partial charge < -0.3 is 14.8 Å². The summed E-state index contributed by atoms with van der Waals surface area (Å²) < 4.78 is 10.1. The highest BCUT2D eigenvalue weighted by molar-refractivity contribution is 7.80. The number of hydrazine groups is 1. The van der Waals surface area contributed by atoms with E-state index in [1.807, 2.05) is 6.92 Å². The van der Waals surface area contributed by atoms with Gasteiger partial charge in [-0.2, -0.15) is 0 Å². The van der Waals surface area contributed by atoms with Crippen molar-refractivity contribution in [3.05, 3.63) is 29.8 Å². The second kappa shape index (κ2) is 10.5. The number of carbonyl (C=O) groups excluding carboxylic acids is 2. The van der Waals surface area contributed by atoms with Crippen LogP contribution in [0.25, 0.3) is 0 Å². The average Bonchev–Trinajstić information content (AvgIpc) is 2.54. The van der Waals surface area contributed by atoms with E-state index in [-0.39, 0.29) is 29.8 Å². The fourth-order valence-electron chi connectivity index (χ4n) is 1.63. The van der Waals surface area contributed by atoms with E-state index in [1.54, 1.807) is 31.4 Å². The van der Waals surface area contributed by atoms with Crippen LogP contribution in [0.15, 0.2) is 24.3 Å². The summed E-state index contributed by atoms with van der Waals surface area (Å²) in [5.41, 5.74) is 5.68. The van der Waals surface area contributed by atoms with Crippen LogP contribution in [0, 0.1) is 0 Å². The summed E-state index contributed by atoms with van der Waals surface area (Å²) in [6.07, 6.45) is 0.382. The third-order valence-corrected chi connectivity index (χ3v) is 2.97. The van der Waals surface area contributed by atoms with Gasteiger partial charge in [0.2, 0.25) is 11.8 Å². The number of carbonyl (C=O) groups is 2. The van der Waals surface area contributed by atoms with Gasteiger partial charge in [-0.15, -0.1) is 0 Å². The molecule has 126 valence electrons. The highest BCUT2D eigenvalue weighted by atomic mass is 32.1. The third-order valence-electron chi connectivity index (χ3n) is 2.77. The topological polar surface area (TPSA) is 88.7 Å². The van der Waals surface area contributed by atoms with Crippen molar-refractivity contribution in [1.82, 2.24) is 16.2 Å². The van der Waals surface area contributed by atoms with Crippen LogP contribution < -0.4 is 20.9 Å². The number of hydrogen-bond donors (Lipinski definition) is 3. The lowest BCUT2D eigenvalue weighted by atomic mass is 10.1. The van der Waals surface area contributed by atoms with Crippen molar-refractivity contribution in [1.29, 1.82) is 0 Å². The van der Waals surface area contributed by atoms with Crippen LogP contribution in [0.4, 0.5) is 0 Å². The normalized spacial score (nSPS) is 9.83. The molecule has 0 unspecified atom stereocenters. The van der Waals surface area contributed by atoms with Gasteiger partial charge in [0, 0.05) is 6.61 Å². The van der Waals surface area contributed by atoms with E-state index in [2.05, 4.69) is 16.2 Å². The standard InChI is InChI=1S/C15H21N3O4S/c1-3-22-9-8-13(19)17-18-15(23)16-14(20)10-11-4-6-12(21-2)7-5-11/h4-7H,3,8-10H2,1-2H3,(H,17,19)(H2,16,18,20,23). The van der Waals surface area contributed by atoms with Gasteiger partial charge in [0.05, 0.1) is 26.6 Å². The molecule has 1 aromatic carbocycles. The van der Waals surface area contributed by atoms with E-state index in [4.69, 9.17) is 21.7 Å². The molecule has 0 radical (unpaired) electrons. The van der Waals surface area contributed by atoms with E-state index < -0.39 is 0 Å². The maximum Gasteiger partial charge on any atom is 0.240 e. The Bertz CT molecular complexity index is 534. The smallest absolute Gasteiger partial charge is 0.240 e. The van der Waals surface area contributed by atoms with Crippen LogP contribution in [-0.4, -0.2) is 37.3 Å². The highest BCUT2D eigenvalue weighted by Crippen LogP contribution is 2.11.